The predicted molar refractivity (Wildman–Crippen MR) is 118 cm³/mol. The topological polar surface area (TPSA) is 220 Å². The molecule has 0 saturated heterocycles. The number of aliphatic carboxylic acids is 1. The van der Waals surface area contributed by atoms with E-state index in [1.807, 2.05) is 0 Å². The van der Waals surface area contributed by atoms with Gasteiger partial charge in [-0.05, 0) is 37.6 Å². The number of rotatable bonds is 15. The minimum atomic E-state index is -1.53. The summed E-state index contributed by atoms with van der Waals surface area (Å²) < 4.78 is 0. The fourth-order valence-electron chi connectivity index (χ4n) is 2.78. The zero-order chi connectivity index (χ0) is 25.0. The zero-order valence-electron chi connectivity index (χ0n) is 19.2. The highest BCUT2D eigenvalue weighted by Crippen LogP contribution is 2.08. The van der Waals surface area contributed by atoms with Crippen LogP contribution in [0.25, 0.3) is 0 Å². The summed E-state index contributed by atoms with van der Waals surface area (Å²) in [6.45, 7) is 7.28. The van der Waals surface area contributed by atoms with E-state index in [0.717, 1.165) is 0 Å². The van der Waals surface area contributed by atoms with E-state index in [1.165, 1.54) is 0 Å². The summed E-state index contributed by atoms with van der Waals surface area (Å²) in [6, 6.07) is -4.39. The molecule has 4 amide bonds. The molecule has 0 fully saturated rings. The fraction of sp³-hybridized carbons (Fsp3) is 0.750. The van der Waals surface area contributed by atoms with Crippen molar-refractivity contribution in [1.29, 1.82) is 0 Å². The molecule has 32 heavy (non-hydrogen) atoms. The Kier molecular flexibility index (Phi) is 13.1. The summed E-state index contributed by atoms with van der Waals surface area (Å²) in [5.41, 5.74) is 16.4. The summed E-state index contributed by atoms with van der Waals surface area (Å²) in [7, 11) is 0. The number of primary amides is 1. The number of carboxylic acids is 1. The van der Waals surface area contributed by atoms with Crippen molar-refractivity contribution in [2.45, 2.75) is 77.5 Å². The smallest absolute Gasteiger partial charge is 0.326 e. The number of carbonyl (C=O) groups is 5. The van der Waals surface area contributed by atoms with Crippen LogP contribution in [0.15, 0.2) is 0 Å². The molecule has 0 aliphatic carbocycles. The van der Waals surface area contributed by atoms with Crippen LogP contribution in [0.1, 0.15) is 53.4 Å². The van der Waals surface area contributed by atoms with Crippen LogP contribution in [0, 0.1) is 11.8 Å². The van der Waals surface area contributed by atoms with Crippen LogP contribution >= 0.6 is 0 Å². The molecule has 0 aromatic carbocycles. The van der Waals surface area contributed by atoms with Gasteiger partial charge in [0.25, 0.3) is 0 Å². The number of carboxylic acid groups (broad SMARTS) is 1. The lowest BCUT2D eigenvalue weighted by Crippen LogP contribution is -2.59. The average Bonchev–Trinajstić information content (AvgIpc) is 2.68. The Balaban J connectivity index is 5.44. The van der Waals surface area contributed by atoms with E-state index in [9.17, 15) is 29.1 Å². The Morgan fingerprint density at radius 1 is 0.812 bits per heavy atom. The predicted octanol–water partition coefficient (Wildman–Crippen LogP) is -1.83. The minimum Gasteiger partial charge on any atom is -0.480 e. The van der Waals surface area contributed by atoms with Crippen LogP contribution in [0.5, 0.6) is 0 Å². The Labute approximate surface area is 188 Å². The first kappa shape index (κ1) is 29.3. The van der Waals surface area contributed by atoms with E-state index >= 15 is 0 Å². The van der Waals surface area contributed by atoms with E-state index in [1.54, 1.807) is 27.7 Å². The van der Waals surface area contributed by atoms with E-state index in [2.05, 4.69) is 16.0 Å². The molecule has 0 bridgehead atoms. The van der Waals surface area contributed by atoms with Crippen molar-refractivity contribution in [2.24, 2.45) is 29.0 Å². The van der Waals surface area contributed by atoms with Crippen molar-refractivity contribution in [3.05, 3.63) is 0 Å². The van der Waals surface area contributed by atoms with Crippen molar-refractivity contribution < 1.29 is 29.1 Å². The second-order valence-electron chi connectivity index (χ2n) is 8.42. The van der Waals surface area contributed by atoms with Crippen LogP contribution in [0.2, 0.25) is 0 Å². The Morgan fingerprint density at radius 3 is 1.81 bits per heavy atom. The lowest BCUT2D eigenvalue weighted by atomic mass is 10.00. The van der Waals surface area contributed by atoms with Crippen LogP contribution in [0.3, 0.4) is 0 Å². The van der Waals surface area contributed by atoms with Gasteiger partial charge >= 0.3 is 5.97 Å². The summed E-state index contributed by atoms with van der Waals surface area (Å²) in [6.07, 6.45) is 0.886. The first-order valence-electron chi connectivity index (χ1n) is 10.7. The van der Waals surface area contributed by atoms with Gasteiger partial charge in [0.05, 0.1) is 12.5 Å². The molecule has 0 spiro atoms. The average molecular weight is 459 g/mol. The largest absolute Gasteiger partial charge is 0.480 e. The Morgan fingerprint density at radius 2 is 1.38 bits per heavy atom. The van der Waals surface area contributed by atoms with E-state index in [-0.39, 0.29) is 12.3 Å². The SMILES string of the molecule is CC(C)C(N)C(=O)NC(CCCCN)C(=O)NC(C(=O)NC(CC(N)=O)C(=O)O)C(C)C. The quantitative estimate of drug-likeness (QED) is 0.138. The molecule has 184 valence electrons. The van der Waals surface area contributed by atoms with Crippen LogP contribution in [0.4, 0.5) is 0 Å². The molecule has 0 rings (SSSR count). The third-order valence-corrected chi connectivity index (χ3v) is 4.87. The molecule has 4 atom stereocenters. The standard InChI is InChI=1S/C20H38N6O6/c1-10(2)15(23)18(29)24-12(7-5-6-8-21)17(28)26-16(11(3)4)19(30)25-13(20(31)32)9-14(22)27/h10-13,15-16H,5-9,21,23H2,1-4H3,(H2,22,27)(H,24,29)(H,25,30)(H,26,28)(H,31,32). The molecule has 0 aromatic rings. The van der Waals surface area contributed by atoms with E-state index in [4.69, 9.17) is 17.2 Å². The number of amides is 4. The number of carbonyl (C=O) groups excluding carboxylic acids is 4. The summed E-state index contributed by atoms with van der Waals surface area (Å²) in [5.74, 6) is -4.77. The highest BCUT2D eigenvalue weighted by Gasteiger charge is 2.32. The molecule has 0 aliphatic heterocycles. The fourth-order valence-corrected chi connectivity index (χ4v) is 2.78. The molecule has 0 heterocycles. The highest BCUT2D eigenvalue weighted by molar-refractivity contribution is 5.95. The van der Waals surface area contributed by atoms with Gasteiger partial charge in [0.15, 0.2) is 0 Å². The molecule has 4 unspecified atom stereocenters. The second kappa shape index (κ2) is 14.4. The maximum absolute atomic E-state index is 12.9. The van der Waals surface area contributed by atoms with Crippen LogP contribution in [-0.4, -0.2) is 65.4 Å². The van der Waals surface area contributed by atoms with Crippen LogP contribution in [-0.2, 0) is 24.0 Å². The minimum absolute atomic E-state index is 0.143. The van der Waals surface area contributed by atoms with Crippen molar-refractivity contribution in [1.82, 2.24) is 16.0 Å². The van der Waals surface area contributed by atoms with Crippen molar-refractivity contribution >= 4 is 29.6 Å². The first-order chi connectivity index (χ1) is 14.8. The maximum Gasteiger partial charge on any atom is 0.326 e. The van der Waals surface area contributed by atoms with Gasteiger partial charge in [-0.1, -0.05) is 27.7 Å². The molecule has 0 saturated carbocycles. The van der Waals surface area contributed by atoms with Gasteiger partial charge in [-0.25, -0.2) is 4.79 Å². The molecule has 0 aliphatic rings. The maximum atomic E-state index is 12.9. The summed E-state index contributed by atoms with van der Waals surface area (Å²) >= 11 is 0. The zero-order valence-corrected chi connectivity index (χ0v) is 19.2. The van der Waals surface area contributed by atoms with Gasteiger partial charge in [0.2, 0.25) is 23.6 Å². The number of nitrogens with two attached hydrogens (primary N) is 3. The highest BCUT2D eigenvalue weighted by atomic mass is 16.4. The number of unbranched alkanes of at least 4 members (excludes halogenated alkanes) is 1. The summed E-state index contributed by atoms with van der Waals surface area (Å²) in [4.78, 5) is 60.3. The lowest BCUT2D eigenvalue weighted by Gasteiger charge is -2.27. The Bertz CT molecular complexity index is 669. The van der Waals surface area contributed by atoms with Gasteiger partial charge < -0.3 is 38.3 Å². The monoisotopic (exact) mass is 458 g/mol. The van der Waals surface area contributed by atoms with E-state index < -0.39 is 66.1 Å². The molecule has 12 nitrogen and oxygen atoms in total. The molecule has 0 radical (unpaired) electrons. The molecule has 0 aromatic heterocycles. The number of nitrogens with one attached hydrogen (secondary N) is 3. The lowest BCUT2D eigenvalue weighted by molar-refractivity contribution is -0.144. The second-order valence-corrected chi connectivity index (χ2v) is 8.42. The third-order valence-electron chi connectivity index (χ3n) is 4.87. The first-order valence-corrected chi connectivity index (χ1v) is 10.7. The number of hydrogen-bond donors (Lipinski definition) is 7. The number of hydrogen-bond acceptors (Lipinski definition) is 7. The van der Waals surface area contributed by atoms with Crippen molar-refractivity contribution in [3.63, 3.8) is 0 Å². The summed E-state index contributed by atoms with van der Waals surface area (Å²) in [5, 5.41) is 16.6. The molecule has 10 N–H and O–H groups in total. The third kappa shape index (κ3) is 10.5. The van der Waals surface area contributed by atoms with Crippen molar-refractivity contribution in [3.8, 4) is 0 Å². The van der Waals surface area contributed by atoms with Gasteiger partial charge in [-0.2, -0.15) is 0 Å². The van der Waals surface area contributed by atoms with Crippen molar-refractivity contribution in [2.75, 3.05) is 6.54 Å². The van der Waals surface area contributed by atoms with Gasteiger partial charge in [-0.15, -0.1) is 0 Å². The van der Waals surface area contributed by atoms with Gasteiger partial charge in [0.1, 0.15) is 18.1 Å². The Hall–Kier alpha value is -2.73. The van der Waals surface area contributed by atoms with Gasteiger partial charge in [-0.3, -0.25) is 19.2 Å². The molecule has 12 heteroatoms. The molecular weight excluding hydrogens is 420 g/mol. The van der Waals surface area contributed by atoms with Gasteiger partial charge in [0, 0.05) is 0 Å². The van der Waals surface area contributed by atoms with Crippen LogP contribution < -0.4 is 33.2 Å². The van der Waals surface area contributed by atoms with E-state index in [0.29, 0.717) is 19.4 Å². The normalized spacial score (nSPS) is 14.9. The molecular formula is C20H38N6O6.